The van der Waals surface area contributed by atoms with Gasteiger partial charge in [-0.3, -0.25) is 0 Å². The fraction of sp³-hybridized carbons (Fsp3) is 0.167. The third-order valence-electron chi connectivity index (χ3n) is 6.69. The van der Waals surface area contributed by atoms with E-state index in [4.69, 9.17) is 4.74 Å². The summed E-state index contributed by atoms with van der Waals surface area (Å²) in [5.74, 6) is -1.21. The number of hydrogen-bond donors (Lipinski definition) is 2. The average Bonchev–Trinajstić information content (AvgIpc) is 3.21. The molecule has 1 amide bonds. The van der Waals surface area contributed by atoms with Crippen molar-refractivity contribution in [2.45, 2.75) is 25.3 Å². The lowest BCUT2D eigenvalue weighted by Crippen LogP contribution is -3.00. The Kier molecular flexibility index (Phi) is 7.89. The number of H-pyrrole nitrogens is 1. The number of ether oxygens (including phenoxy) is 1. The summed E-state index contributed by atoms with van der Waals surface area (Å²) in [6.45, 7) is 2.17. The van der Waals surface area contributed by atoms with Crippen molar-refractivity contribution in [2.24, 2.45) is 0 Å². The van der Waals surface area contributed by atoms with Crippen LogP contribution in [-0.2, 0) is 16.0 Å². The molecule has 0 spiro atoms. The highest BCUT2D eigenvalue weighted by molar-refractivity contribution is 5.81. The van der Waals surface area contributed by atoms with Crippen LogP contribution in [0.15, 0.2) is 91.1 Å². The number of hydrogen-bond acceptors (Lipinski definition) is 3. The molecule has 3 N–H and O–H groups in total. The van der Waals surface area contributed by atoms with Crippen LogP contribution in [0.5, 0.6) is 0 Å². The molecule has 0 radical (unpaired) electrons. The maximum Gasteiger partial charge on any atom is 0.407 e. The molecule has 1 aromatic heterocycles. The van der Waals surface area contributed by atoms with E-state index < -0.39 is 18.1 Å². The van der Waals surface area contributed by atoms with E-state index in [0.717, 1.165) is 44.6 Å². The summed E-state index contributed by atoms with van der Waals surface area (Å²) in [6.07, 6.45) is 1.16. The van der Waals surface area contributed by atoms with Crippen LogP contribution < -0.4 is 22.7 Å². The first-order valence-corrected chi connectivity index (χ1v) is 11.9. The minimum absolute atomic E-state index is 0. The summed E-state index contributed by atoms with van der Waals surface area (Å²) in [5.41, 5.74) is 8.40. The highest BCUT2D eigenvalue weighted by Crippen LogP contribution is 2.44. The molecule has 188 valence electrons. The quantitative estimate of drug-likeness (QED) is 0.395. The van der Waals surface area contributed by atoms with Crippen molar-refractivity contribution in [1.29, 1.82) is 0 Å². The number of benzene rings is 3. The zero-order chi connectivity index (χ0) is 25.1. The summed E-state index contributed by atoms with van der Waals surface area (Å²) in [4.78, 5) is 27.7. The Morgan fingerprint density at radius 3 is 2.05 bits per heavy atom. The highest BCUT2D eigenvalue weighted by Gasteiger charge is 2.30. The van der Waals surface area contributed by atoms with E-state index in [-0.39, 0.29) is 31.4 Å². The molecule has 37 heavy (non-hydrogen) atoms. The maximum absolute atomic E-state index is 12.6. The lowest BCUT2D eigenvalue weighted by atomic mass is 9.98. The van der Waals surface area contributed by atoms with E-state index in [9.17, 15) is 14.7 Å². The van der Waals surface area contributed by atoms with Gasteiger partial charge in [-0.2, -0.15) is 0 Å². The second-order valence-corrected chi connectivity index (χ2v) is 8.99. The van der Waals surface area contributed by atoms with Gasteiger partial charge in [0.2, 0.25) is 5.69 Å². The van der Waals surface area contributed by atoms with E-state index in [0.29, 0.717) is 0 Å². The number of nitrogens with one attached hydrogen (secondary N) is 2. The fourth-order valence-corrected chi connectivity index (χ4v) is 4.84. The molecule has 0 unspecified atom stereocenters. The number of carboxylic acid groups (broad SMARTS) is 1. The Hall–Kier alpha value is -4.16. The number of aliphatic carboxylic acids is 1. The first-order valence-electron chi connectivity index (χ1n) is 11.9. The second kappa shape index (κ2) is 11.3. The third-order valence-corrected chi connectivity index (χ3v) is 6.69. The van der Waals surface area contributed by atoms with Gasteiger partial charge in [0.05, 0.1) is 0 Å². The number of aryl methyl sites for hydroxylation is 1. The topological polar surface area (TPSA) is 89.8 Å². The third kappa shape index (κ3) is 5.49. The molecule has 1 aliphatic rings. The number of pyridine rings is 1. The van der Waals surface area contributed by atoms with Crippen LogP contribution in [0.25, 0.3) is 22.4 Å². The minimum atomic E-state index is -1.12. The zero-order valence-electron chi connectivity index (χ0n) is 20.3. The maximum atomic E-state index is 12.6. The summed E-state index contributed by atoms with van der Waals surface area (Å²) >= 11 is 0. The number of carbonyl (C=O) groups is 2. The van der Waals surface area contributed by atoms with E-state index >= 15 is 0 Å². The normalized spacial score (nSPS) is 12.6. The van der Waals surface area contributed by atoms with Gasteiger partial charge in [0.1, 0.15) is 12.6 Å². The zero-order valence-corrected chi connectivity index (χ0v) is 21.0. The van der Waals surface area contributed by atoms with Crippen molar-refractivity contribution in [3.8, 4) is 22.4 Å². The van der Waals surface area contributed by atoms with Gasteiger partial charge >= 0.3 is 12.1 Å². The number of amides is 1. The van der Waals surface area contributed by atoms with Crippen LogP contribution >= 0.6 is 0 Å². The average molecular weight is 515 g/mol. The molecule has 0 bridgehead atoms. The second-order valence-electron chi connectivity index (χ2n) is 8.99. The van der Waals surface area contributed by atoms with Crippen LogP contribution in [0.2, 0.25) is 0 Å². The molecular formula is C30H27ClN2O4. The SMILES string of the molecule is Cc1ccccc1-c1ccc(C[C@H](NC(=O)OCC2c3ccccc3-c3ccccc32)C(=O)O)c[nH+]1.[Cl-]. The fourth-order valence-electron chi connectivity index (χ4n) is 4.84. The molecule has 0 saturated heterocycles. The van der Waals surface area contributed by atoms with Crippen molar-refractivity contribution in [2.75, 3.05) is 6.61 Å². The van der Waals surface area contributed by atoms with Gasteiger partial charge in [0.25, 0.3) is 0 Å². The summed E-state index contributed by atoms with van der Waals surface area (Å²) in [5, 5.41) is 12.2. The summed E-state index contributed by atoms with van der Waals surface area (Å²) < 4.78 is 5.53. The summed E-state index contributed by atoms with van der Waals surface area (Å²) in [6, 6.07) is 26.8. The molecule has 0 saturated carbocycles. The van der Waals surface area contributed by atoms with Crippen LogP contribution in [-0.4, -0.2) is 29.8 Å². The summed E-state index contributed by atoms with van der Waals surface area (Å²) in [7, 11) is 0. The Balaban J connectivity index is 0.00000320. The number of aromatic amines is 1. The molecule has 1 aliphatic carbocycles. The van der Waals surface area contributed by atoms with Crippen molar-refractivity contribution < 1.29 is 36.8 Å². The van der Waals surface area contributed by atoms with Crippen molar-refractivity contribution >= 4 is 12.1 Å². The number of carboxylic acids is 1. The van der Waals surface area contributed by atoms with Crippen molar-refractivity contribution in [1.82, 2.24) is 5.32 Å². The van der Waals surface area contributed by atoms with Crippen LogP contribution in [0.4, 0.5) is 4.79 Å². The monoisotopic (exact) mass is 514 g/mol. The van der Waals surface area contributed by atoms with Gasteiger partial charge in [-0.15, -0.1) is 0 Å². The predicted octanol–water partition coefficient (Wildman–Crippen LogP) is 2.01. The lowest BCUT2D eigenvalue weighted by molar-refractivity contribution is -0.365. The number of carbonyl (C=O) groups excluding carboxylic acids is 1. The predicted molar refractivity (Wildman–Crippen MR) is 137 cm³/mol. The minimum Gasteiger partial charge on any atom is -1.00 e. The van der Waals surface area contributed by atoms with Crippen molar-refractivity contribution in [3.05, 3.63) is 113 Å². The molecule has 0 fully saturated rings. The molecule has 4 aromatic rings. The molecule has 3 aromatic carbocycles. The van der Waals surface area contributed by atoms with E-state index in [2.05, 4.69) is 22.4 Å². The van der Waals surface area contributed by atoms with Crippen LogP contribution in [0, 0.1) is 6.92 Å². The molecular weight excluding hydrogens is 488 g/mol. The molecule has 7 heteroatoms. The Morgan fingerprint density at radius 2 is 1.49 bits per heavy atom. The first-order chi connectivity index (χ1) is 17.5. The van der Waals surface area contributed by atoms with E-state index in [1.165, 1.54) is 0 Å². The largest absolute Gasteiger partial charge is 1.00 e. The number of fused-ring (bicyclic) bond motifs is 3. The smallest absolute Gasteiger partial charge is 0.407 e. The van der Waals surface area contributed by atoms with E-state index in [1.807, 2.05) is 79.7 Å². The van der Waals surface area contributed by atoms with E-state index in [1.54, 1.807) is 6.20 Å². The number of alkyl carbamates (subject to hydrolysis) is 1. The van der Waals surface area contributed by atoms with Crippen molar-refractivity contribution in [3.63, 3.8) is 0 Å². The Bertz CT molecular complexity index is 1380. The molecule has 0 aliphatic heterocycles. The highest BCUT2D eigenvalue weighted by atomic mass is 35.5. The first kappa shape index (κ1) is 25.9. The van der Waals surface area contributed by atoms with Gasteiger partial charge in [-0.25, -0.2) is 14.6 Å². The van der Waals surface area contributed by atoms with Gasteiger partial charge in [-0.05, 0) is 46.9 Å². The number of halogens is 1. The van der Waals surface area contributed by atoms with Gasteiger partial charge in [0.15, 0.2) is 6.20 Å². The van der Waals surface area contributed by atoms with Gasteiger partial charge in [-0.1, -0.05) is 66.7 Å². The molecule has 6 nitrogen and oxygen atoms in total. The van der Waals surface area contributed by atoms with Crippen LogP contribution in [0.1, 0.15) is 28.2 Å². The standard InChI is InChI=1S/C30H26N2O4.ClH/c1-19-8-2-3-9-21(19)27-15-14-20(17-31-27)16-28(29(33)34)32-30(35)36-18-26-24-12-6-4-10-22(24)23-11-5-7-13-25(23)26;/h2-15,17,26,28H,16,18H2,1H3,(H,32,35)(H,33,34);1H/t28-;/m0./s1. The Morgan fingerprint density at radius 1 is 0.892 bits per heavy atom. The van der Waals surface area contributed by atoms with Crippen LogP contribution in [0.3, 0.4) is 0 Å². The van der Waals surface area contributed by atoms with Gasteiger partial charge in [0, 0.05) is 29.5 Å². The molecule has 1 atom stereocenters. The Labute approximate surface area is 221 Å². The lowest BCUT2D eigenvalue weighted by Gasteiger charge is -2.17. The number of rotatable bonds is 7. The molecule has 1 heterocycles. The van der Waals surface area contributed by atoms with Gasteiger partial charge < -0.3 is 27.6 Å². The number of aromatic nitrogens is 1. The molecule has 5 rings (SSSR count).